The summed E-state index contributed by atoms with van der Waals surface area (Å²) < 4.78 is 26.2. The number of aromatic amines is 1. The van der Waals surface area contributed by atoms with Gasteiger partial charge < -0.3 is 15.6 Å². The molecule has 0 radical (unpaired) electrons. The first kappa shape index (κ1) is 23.6. The Balaban J connectivity index is 1.57. The van der Waals surface area contributed by atoms with Crippen LogP contribution < -0.4 is 10.6 Å². The highest BCUT2D eigenvalue weighted by atomic mass is 32.2. The lowest BCUT2D eigenvalue weighted by molar-refractivity contribution is 0.306. The zero-order valence-electron chi connectivity index (χ0n) is 19.1. The van der Waals surface area contributed by atoms with E-state index in [1.54, 1.807) is 4.31 Å². The van der Waals surface area contributed by atoms with Crippen LogP contribution in [0.3, 0.4) is 0 Å². The molecule has 172 valence electrons. The number of fused-ring (bicyclic) bond motifs is 1. The highest BCUT2D eigenvalue weighted by Gasteiger charge is 2.27. The summed E-state index contributed by atoms with van der Waals surface area (Å²) in [5.74, 6) is 1.05. The zero-order valence-corrected chi connectivity index (χ0v) is 19.9. The monoisotopic (exact) mass is 447 g/mol. The van der Waals surface area contributed by atoms with Crippen molar-refractivity contribution in [3.05, 3.63) is 35.5 Å². The Kier molecular flexibility index (Phi) is 8.37. The number of benzene rings is 1. The van der Waals surface area contributed by atoms with E-state index in [1.165, 1.54) is 22.0 Å². The summed E-state index contributed by atoms with van der Waals surface area (Å²) in [6.07, 6.45) is 6.26. The highest BCUT2D eigenvalue weighted by molar-refractivity contribution is 7.89. The predicted molar refractivity (Wildman–Crippen MR) is 129 cm³/mol. The minimum absolute atomic E-state index is 0.239. The summed E-state index contributed by atoms with van der Waals surface area (Å²) in [4.78, 5) is 8.21. The van der Waals surface area contributed by atoms with Crippen LogP contribution in [0.4, 0.5) is 0 Å². The van der Waals surface area contributed by atoms with Gasteiger partial charge in [-0.1, -0.05) is 32.0 Å². The third kappa shape index (κ3) is 6.01. The summed E-state index contributed by atoms with van der Waals surface area (Å²) in [6, 6.07) is 6.72. The molecule has 2 heterocycles. The van der Waals surface area contributed by atoms with Crippen LogP contribution in [0.5, 0.6) is 0 Å². The molecule has 1 saturated heterocycles. The summed E-state index contributed by atoms with van der Waals surface area (Å²) >= 11 is 0. The molecule has 0 unspecified atom stereocenters. The number of nitrogens with zero attached hydrogens (tertiary/aromatic N) is 2. The van der Waals surface area contributed by atoms with Gasteiger partial charge in [-0.3, -0.25) is 4.99 Å². The van der Waals surface area contributed by atoms with Gasteiger partial charge in [-0.05, 0) is 50.2 Å². The number of rotatable bonds is 9. The Hall–Kier alpha value is -2.06. The Morgan fingerprint density at radius 3 is 2.65 bits per heavy atom. The highest BCUT2D eigenvalue weighted by Crippen LogP contribution is 2.22. The van der Waals surface area contributed by atoms with E-state index in [1.807, 2.05) is 6.92 Å². The number of hydrogen-bond acceptors (Lipinski definition) is 3. The molecule has 2 aromatic rings. The Morgan fingerprint density at radius 2 is 1.97 bits per heavy atom. The van der Waals surface area contributed by atoms with E-state index in [9.17, 15) is 8.42 Å². The van der Waals surface area contributed by atoms with Gasteiger partial charge in [0.25, 0.3) is 0 Å². The second-order valence-corrected chi connectivity index (χ2v) is 10.2. The number of aryl methyl sites for hydroxylation is 1. The summed E-state index contributed by atoms with van der Waals surface area (Å²) in [5.41, 5.74) is 3.87. The molecule has 0 bridgehead atoms. The molecule has 31 heavy (non-hydrogen) atoms. The van der Waals surface area contributed by atoms with Crippen molar-refractivity contribution in [2.45, 2.75) is 58.9 Å². The van der Waals surface area contributed by atoms with Crippen LogP contribution in [-0.2, 0) is 22.9 Å². The van der Waals surface area contributed by atoms with Crippen molar-refractivity contribution < 1.29 is 8.42 Å². The zero-order chi connectivity index (χ0) is 22.3. The third-order valence-corrected chi connectivity index (χ3v) is 7.99. The molecule has 3 rings (SSSR count). The van der Waals surface area contributed by atoms with Gasteiger partial charge in [0.05, 0.1) is 5.75 Å². The van der Waals surface area contributed by atoms with Crippen molar-refractivity contribution in [1.29, 1.82) is 0 Å². The molecule has 0 spiro atoms. The number of aromatic nitrogens is 1. The number of guanidine groups is 1. The van der Waals surface area contributed by atoms with Crippen molar-refractivity contribution in [1.82, 2.24) is 19.9 Å². The van der Waals surface area contributed by atoms with Crippen molar-refractivity contribution >= 4 is 26.9 Å². The quantitative estimate of drug-likeness (QED) is 0.407. The van der Waals surface area contributed by atoms with Gasteiger partial charge in [-0.15, -0.1) is 0 Å². The second kappa shape index (κ2) is 11.0. The molecule has 0 saturated carbocycles. The number of nitrogens with one attached hydrogen (secondary N) is 3. The van der Waals surface area contributed by atoms with E-state index in [2.05, 4.69) is 53.9 Å². The maximum atomic E-state index is 12.3. The fraction of sp³-hybridized carbons (Fsp3) is 0.609. The topological polar surface area (TPSA) is 89.6 Å². The summed E-state index contributed by atoms with van der Waals surface area (Å²) in [6.45, 7) is 8.79. The fourth-order valence-electron chi connectivity index (χ4n) is 4.24. The van der Waals surface area contributed by atoms with Crippen LogP contribution in [0.2, 0.25) is 0 Å². The van der Waals surface area contributed by atoms with E-state index in [-0.39, 0.29) is 11.8 Å². The fourth-order valence-corrected chi connectivity index (χ4v) is 5.78. The minimum Gasteiger partial charge on any atom is -0.361 e. The summed E-state index contributed by atoms with van der Waals surface area (Å²) in [5, 5.41) is 8.12. The van der Waals surface area contributed by atoms with Crippen LogP contribution >= 0.6 is 0 Å². The number of H-pyrrole nitrogens is 1. The van der Waals surface area contributed by atoms with Gasteiger partial charge in [0, 0.05) is 49.3 Å². The molecule has 0 aliphatic carbocycles. The average molecular weight is 448 g/mol. The number of aliphatic imine (C=N–C) groups is 1. The first-order valence-corrected chi connectivity index (χ1v) is 13.2. The van der Waals surface area contributed by atoms with Gasteiger partial charge in [0.1, 0.15) is 0 Å². The van der Waals surface area contributed by atoms with Crippen molar-refractivity contribution in [2.75, 3.05) is 31.9 Å². The van der Waals surface area contributed by atoms with Crippen molar-refractivity contribution in [3.8, 4) is 0 Å². The van der Waals surface area contributed by atoms with Crippen LogP contribution in [0.1, 0.15) is 51.2 Å². The van der Waals surface area contributed by atoms with E-state index < -0.39 is 10.0 Å². The van der Waals surface area contributed by atoms with Gasteiger partial charge in [0.15, 0.2) is 5.96 Å². The lowest BCUT2D eigenvalue weighted by Crippen LogP contribution is -2.50. The number of hydrogen-bond donors (Lipinski definition) is 3. The predicted octanol–water partition coefficient (Wildman–Crippen LogP) is 3.03. The molecular weight excluding hydrogens is 410 g/mol. The largest absolute Gasteiger partial charge is 0.361 e. The van der Waals surface area contributed by atoms with Crippen molar-refractivity contribution in [3.63, 3.8) is 0 Å². The maximum absolute atomic E-state index is 12.3. The van der Waals surface area contributed by atoms with Gasteiger partial charge >= 0.3 is 0 Å². The van der Waals surface area contributed by atoms with E-state index in [0.717, 1.165) is 38.2 Å². The second-order valence-electron chi connectivity index (χ2n) is 8.15. The van der Waals surface area contributed by atoms with Crippen LogP contribution in [-0.4, -0.2) is 61.6 Å². The first-order valence-electron chi connectivity index (χ1n) is 11.6. The number of para-hydroxylation sites is 1. The summed E-state index contributed by atoms with van der Waals surface area (Å²) in [7, 11) is -3.10. The van der Waals surface area contributed by atoms with Gasteiger partial charge in [0.2, 0.25) is 10.0 Å². The molecule has 0 atom stereocenters. The number of sulfonamides is 1. The van der Waals surface area contributed by atoms with Gasteiger partial charge in [-0.25, -0.2) is 12.7 Å². The molecule has 7 nitrogen and oxygen atoms in total. The molecule has 8 heteroatoms. The maximum Gasteiger partial charge on any atom is 0.214 e. The molecular formula is C23H37N5O2S. The molecule has 1 aliphatic heterocycles. The normalized spacial score (nSPS) is 16.7. The van der Waals surface area contributed by atoms with E-state index in [0.29, 0.717) is 26.1 Å². The van der Waals surface area contributed by atoms with E-state index in [4.69, 9.17) is 4.99 Å². The third-order valence-electron chi connectivity index (χ3n) is 5.91. The van der Waals surface area contributed by atoms with Crippen LogP contribution in [0, 0.1) is 0 Å². The van der Waals surface area contributed by atoms with Crippen molar-refractivity contribution in [2.24, 2.45) is 4.99 Å². The first-order chi connectivity index (χ1) is 15.0. The Labute approximate surface area is 186 Å². The molecule has 1 aliphatic rings. The standard InChI is InChI=1S/C23H37N5O2S/c1-4-16-31(29,30)28-14-11-20(12-15-28)27-23(24-6-3)25-13-10-19-17-26-22-18(5-2)8-7-9-21(19)22/h7-9,17,20,26H,4-6,10-16H2,1-3H3,(H2,24,25,27). The SMILES string of the molecule is CCCS(=O)(=O)N1CCC(NC(=NCCc2c[nH]c3c(CC)cccc23)NCC)CC1. The van der Waals surface area contributed by atoms with Crippen LogP contribution in [0.15, 0.2) is 29.4 Å². The van der Waals surface area contributed by atoms with E-state index >= 15 is 0 Å². The Morgan fingerprint density at radius 1 is 1.19 bits per heavy atom. The lowest BCUT2D eigenvalue weighted by atomic mass is 10.1. The number of piperidine rings is 1. The Bertz CT molecular complexity index is 975. The van der Waals surface area contributed by atoms with Gasteiger partial charge in [-0.2, -0.15) is 0 Å². The average Bonchev–Trinajstić information content (AvgIpc) is 3.17. The molecule has 1 fully saturated rings. The molecule has 0 amide bonds. The van der Waals surface area contributed by atoms with Crippen LogP contribution in [0.25, 0.3) is 10.9 Å². The smallest absolute Gasteiger partial charge is 0.214 e. The molecule has 3 N–H and O–H groups in total. The molecule has 1 aromatic heterocycles. The molecule has 1 aromatic carbocycles. The lowest BCUT2D eigenvalue weighted by Gasteiger charge is -2.32. The minimum atomic E-state index is -3.10.